The number of aliphatic imine (C=N–C) groups is 1. The number of guanidine groups is 1. The Hall–Kier alpha value is -2.17. The molecule has 162 valence electrons. The molecule has 2 fully saturated rings. The van der Waals surface area contributed by atoms with Crippen LogP contribution < -0.4 is 10.6 Å². The Morgan fingerprint density at radius 1 is 1.30 bits per heavy atom. The predicted molar refractivity (Wildman–Crippen MR) is 128 cm³/mol. The van der Waals surface area contributed by atoms with Crippen LogP contribution >= 0.6 is 24.0 Å². The van der Waals surface area contributed by atoms with Crippen LogP contribution in [0.4, 0.5) is 0 Å². The van der Waals surface area contributed by atoms with Crippen molar-refractivity contribution in [1.29, 1.82) is 0 Å². The van der Waals surface area contributed by atoms with E-state index in [0.717, 1.165) is 55.3 Å². The Labute approximate surface area is 194 Å². The number of likely N-dealkylation sites (tertiary alicyclic amines) is 1. The number of aromatic amines is 1. The highest BCUT2D eigenvalue weighted by atomic mass is 127. The number of H-pyrrole nitrogens is 1. The Morgan fingerprint density at radius 3 is 2.87 bits per heavy atom. The van der Waals surface area contributed by atoms with E-state index in [2.05, 4.69) is 42.9 Å². The van der Waals surface area contributed by atoms with Gasteiger partial charge >= 0.3 is 0 Å². The van der Waals surface area contributed by atoms with Crippen LogP contribution in [0.25, 0.3) is 11.4 Å². The summed E-state index contributed by atoms with van der Waals surface area (Å²) < 4.78 is 0. The van der Waals surface area contributed by atoms with E-state index < -0.39 is 0 Å². The molecule has 8 nitrogen and oxygen atoms in total. The van der Waals surface area contributed by atoms with E-state index in [9.17, 15) is 4.79 Å². The van der Waals surface area contributed by atoms with Crippen LogP contribution in [0.3, 0.4) is 0 Å². The fourth-order valence-electron chi connectivity index (χ4n) is 4.26. The first-order valence-corrected chi connectivity index (χ1v) is 10.4. The normalized spacial score (nSPS) is 19.6. The molecule has 1 aromatic heterocycles. The van der Waals surface area contributed by atoms with E-state index in [4.69, 9.17) is 0 Å². The van der Waals surface area contributed by atoms with Gasteiger partial charge in [0.2, 0.25) is 5.91 Å². The Bertz CT molecular complexity index is 849. The second-order valence-corrected chi connectivity index (χ2v) is 7.86. The van der Waals surface area contributed by atoms with Crippen molar-refractivity contribution in [3.8, 4) is 11.4 Å². The summed E-state index contributed by atoms with van der Waals surface area (Å²) in [5, 5.41) is 13.6. The van der Waals surface area contributed by atoms with Crippen molar-refractivity contribution < 1.29 is 4.79 Å². The van der Waals surface area contributed by atoms with Crippen LogP contribution in [0.5, 0.6) is 0 Å². The number of carbonyl (C=O) groups excluding carboxylic acids is 1. The largest absolute Gasteiger partial charge is 0.352 e. The highest BCUT2D eigenvalue weighted by molar-refractivity contribution is 14.0. The monoisotopic (exact) mass is 523 g/mol. The van der Waals surface area contributed by atoms with Gasteiger partial charge in [0.05, 0.1) is 0 Å². The summed E-state index contributed by atoms with van der Waals surface area (Å²) in [7, 11) is 1.77. The number of benzene rings is 1. The van der Waals surface area contributed by atoms with Gasteiger partial charge < -0.3 is 15.5 Å². The molecule has 4 rings (SSSR count). The smallest absolute Gasteiger partial charge is 0.225 e. The van der Waals surface area contributed by atoms with Crippen molar-refractivity contribution >= 4 is 35.8 Å². The van der Waals surface area contributed by atoms with Crippen molar-refractivity contribution in [3.05, 3.63) is 36.2 Å². The fourth-order valence-corrected chi connectivity index (χ4v) is 4.26. The van der Waals surface area contributed by atoms with Gasteiger partial charge in [-0.05, 0) is 30.9 Å². The van der Waals surface area contributed by atoms with Gasteiger partial charge in [-0.25, -0.2) is 4.98 Å². The zero-order valence-electron chi connectivity index (χ0n) is 17.3. The molecule has 9 heteroatoms. The Balaban J connectivity index is 0.00000256. The summed E-state index contributed by atoms with van der Waals surface area (Å²) in [6, 6.07) is 8.41. The predicted octanol–water partition coefficient (Wildman–Crippen LogP) is 2.55. The number of nitrogens with one attached hydrogen (secondary N) is 3. The maximum Gasteiger partial charge on any atom is 0.225 e. The molecule has 1 unspecified atom stereocenters. The molecule has 1 atom stereocenters. The summed E-state index contributed by atoms with van der Waals surface area (Å²) in [5.41, 5.74) is 2.13. The lowest BCUT2D eigenvalue weighted by Gasteiger charge is -2.21. The summed E-state index contributed by atoms with van der Waals surface area (Å²) in [4.78, 5) is 23.2. The maximum absolute atomic E-state index is 12.6. The van der Waals surface area contributed by atoms with Gasteiger partial charge in [-0.2, -0.15) is 5.10 Å². The zero-order chi connectivity index (χ0) is 20.1. The number of hydrogen-bond acceptors (Lipinski definition) is 4. The van der Waals surface area contributed by atoms with E-state index in [1.54, 1.807) is 7.05 Å². The van der Waals surface area contributed by atoms with Crippen molar-refractivity contribution in [2.24, 2.45) is 10.9 Å². The molecule has 2 aromatic rings. The summed E-state index contributed by atoms with van der Waals surface area (Å²) >= 11 is 0. The molecule has 1 aromatic carbocycles. The second kappa shape index (κ2) is 10.7. The number of hydrogen-bond donors (Lipinski definition) is 3. The highest BCUT2D eigenvalue weighted by Gasteiger charge is 2.32. The standard InChI is InChI=1S/C21H29N7O.HI/c1-22-21(23-12-15-5-4-8-17(11-15)19-24-14-25-27-19)26-18-9-10-28(13-18)20(29)16-6-2-3-7-16;/h4-5,8,11,14,16,18H,2-3,6-7,9-10,12-13H2,1H3,(H2,22,23,26)(H,24,25,27);1H. The topological polar surface area (TPSA) is 98.3 Å². The van der Waals surface area contributed by atoms with Gasteiger partial charge in [-0.1, -0.05) is 31.0 Å². The Kier molecular flexibility index (Phi) is 8.06. The molecular formula is C21H30IN7O. The van der Waals surface area contributed by atoms with E-state index >= 15 is 0 Å². The van der Waals surface area contributed by atoms with Gasteiger partial charge in [-0.3, -0.25) is 14.9 Å². The molecule has 0 bridgehead atoms. The third kappa shape index (κ3) is 5.50. The van der Waals surface area contributed by atoms with Gasteiger partial charge in [0.25, 0.3) is 0 Å². The average Bonchev–Trinajstić information content (AvgIpc) is 3.53. The second-order valence-electron chi connectivity index (χ2n) is 7.86. The number of nitrogens with zero attached hydrogens (tertiary/aromatic N) is 4. The summed E-state index contributed by atoms with van der Waals surface area (Å²) in [5.74, 6) is 2.12. The minimum absolute atomic E-state index is 0. The van der Waals surface area contributed by atoms with Gasteiger partial charge in [0.1, 0.15) is 6.33 Å². The van der Waals surface area contributed by atoms with Crippen LogP contribution in [0, 0.1) is 5.92 Å². The molecule has 0 spiro atoms. The van der Waals surface area contributed by atoms with E-state index in [-0.39, 0.29) is 35.9 Å². The van der Waals surface area contributed by atoms with Crippen LogP contribution in [0.1, 0.15) is 37.7 Å². The summed E-state index contributed by atoms with van der Waals surface area (Å²) in [6.45, 7) is 2.25. The number of carbonyl (C=O) groups is 1. The molecule has 1 aliphatic heterocycles. The van der Waals surface area contributed by atoms with Crippen molar-refractivity contribution in [2.45, 2.75) is 44.7 Å². The number of aromatic nitrogens is 3. The van der Waals surface area contributed by atoms with Crippen LogP contribution in [-0.2, 0) is 11.3 Å². The average molecular weight is 523 g/mol. The molecule has 1 saturated carbocycles. The molecule has 2 aliphatic rings. The quantitative estimate of drug-likeness (QED) is 0.318. The lowest BCUT2D eigenvalue weighted by Crippen LogP contribution is -2.45. The Morgan fingerprint density at radius 2 is 2.13 bits per heavy atom. The molecule has 1 aliphatic carbocycles. The van der Waals surface area contributed by atoms with Gasteiger partial charge in [0.15, 0.2) is 11.8 Å². The molecule has 30 heavy (non-hydrogen) atoms. The van der Waals surface area contributed by atoms with E-state index in [1.807, 2.05) is 17.0 Å². The van der Waals surface area contributed by atoms with Crippen molar-refractivity contribution in [3.63, 3.8) is 0 Å². The lowest BCUT2D eigenvalue weighted by molar-refractivity contribution is -0.134. The fraction of sp³-hybridized carbons (Fsp3) is 0.524. The first-order chi connectivity index (χ1) is 14.2. The third-order valence-electron chi connectivity index (χ3n) is 5.84. The first kappa shape index (κ1) is 22.5. The van der Waals surface area contributed by atoms with Crippen LogP contribution in [0.2, 0.25) is 0 Å². The third-order valence-corrected chi connectivity index (χ3v) is 5.84. The maximum atomic E-state index is 12.6. The lowest BCUT2D eigenvalue weighted by atomic mass is 10.1. The SMILES string of the molecule is CN=C(NCc1cccc(-c2ncn[nH]2)c1)NC1CCN(C(=O)C2CCCC2)C1.I. The highest BCUT2D eigenvalue weighted by Crippen LogP contribution is 2.27. The van der Waals surface area contributed by atoms with Crippen molar-refractivity contribution in [2.75, 3.05) is 20.1 Å². The van der Waals surface area contributed by atoms with Gasteiger partial charge in [0, 0.05) is 44.2 Å². The first-order valence-electron chi connectivity index (χ1n) is 10.4. The minimum Gasteiger partial charge on any atom is -0.352 e. The number of halogens is 1. The summed E-state index contributed by atoms with van der Waals surface area (Å²) in [6.07, 6.45) is 6.97. The zero-order valence-corrected chi connectivity index (χ0v) is 19.6. The van der Waals surface area contributed by atoms with Crippen molar-refractivity contribution in [1.82, 2.24) is 30.7 Å². The number of amides is 1. The minimum atomic E-state index is 0. The molecular weight excluding hydrogens is 493 g/mol. The molecule has 2 heterocycles. The number of rotatable bonds is 5. The molecule has 1 amide bonds. The molecule has 1 saturated heterocycles. The van der Waals surface area contributed by atoms with Crippen LogP contribution in [0.15, 0.2) is 35.6 Å². The van der Waals surface area contributed by atoms with E-state index in [1.165, 1.54) is 19.2 Å². The molecule has 0 radical (unpaired) electrons. The molecule has 3 N–H and O–H groups in total. The van der Waals surface area contributed by atoms with Gasteiger partial charge in [-0.15, -0.1) is 24.0 Å². The van der Waals surface area contributed by atoms with Crippen LogP contribution in [-0.4, -0.2) is 58.1 Å². The van der Waals surface area contributed by atoms with E-state index in [0.29, 0.717) is 12.5 Å².